The van der Waals surface area contributed by atoms with Gasteiger partial charge in [0.05, 0.1) is 32.4 Å². The number of hydrogen-bond acceptors (Lipinski definition) is 8. The molecule has 0 fully saturated rings. The lowest BCUT2D eigenvalue weighted by Crippen LogP contribution is -2.22. The third-order valence-corrected chi connectivity index (χ3v) is 6.07. The van der Waals surface area contributed by atoms with Crippen LogP contribution in [0, 0.1) is 6.92 Å². The Bertz CT molecular complexity index is 1670. The first-order valence-corrected chi connectivity index (χ1v) is 11.8. The van der Waals surface area contributed by atoms with Gasteiger partial charge in [0.1, 0.15) is 28.2 Å². The third kappa shape index (κ3) is 4.31. The van der Waals surface area contributed by atoms with Gasteiger partial charge in [-0.1, -0.05) is 12.1 Å². The van der Waals surface area contributed by atoms with Crippen LogP contribution in [0.15, 0.2) is 53.5 Å². The number of nitrogen functional groups attached to an aromatic ring is 1. The molecule has 0 atom stereocenters. The zero-order valence-corrected chi connectivity index (χ0v) is 21.3. The molecule has 5 rings (SSSR count). The highest BCUT2D eigenvalue weighted by atomic mass is 16.5. The van der Waals surface area contributed by atoms with Crippen LogP contribution in [0.1, 0.15) is 25.0 Å². The number of aryl methyl sites for hydroxylation is 1. The summed E-state index contributed by atoms with van der Waals surface area (Å²) in [6.45, 7) is 6.08. The van der Waals surface area contributed by atoms with E-state index in [0.29, 0.717) is 34.5 Å². The van der Waals surface area contributed by atoms with Crippen molar-refractivity contribution in [2.45, 2.75) is 33.4 Å². The maximum atomic E-state index is 14.0. The quantitative estimate of drug-likeness (QED) is 0.358. The minimum atomic E-state index is -0.262. The largest absolute Gasteiger partial charge is 0.497 e. The highest BCUT2D eigenvalue weighted by Crippen LogP contribution is 2.31. The number of pyridine rings is 1. The maximum Gasteiger partial charge on any atom is 0.318 e. The van der Waals surface area contributed by atoms with Crippen LogP contribution in [0.3, 0.4) is 0 Å². The number of nitrogens with zero attached hydrogens (tertiary/aromatic N) is 5. The topological polar surface area (TPSA) is 119 Å². The van der Waals surface area contributed by atoms with Crippen molar-refractivity contribution in [3.8, 4) is 23.3 Å². The molecular formula is C27H28N6O4. The van der Waals surface area contributed by atoms with Gasteiger partial charge < -0.3 is 24.5 Å². The molecule has 0 aliphatic carbocycles. The molecule has 0 amide bonds. The fourth-order valence-corrected chi connectivity index (χ4v) is 4.32. The van der Waals surface area contributed by atoms with Crippen LogP contribution in [-0.2, 0) is 6.54 Å². The number of anilines is 1. The van der Waals surface area contributed by atoms with E-state index in [1.807, 2.05) is 63.2 Å². The first-order chi connectivity index (χ1) is 17.8. The van der Waals surface area contributed by atoms with Crippen molar-refractivity contribution >= 4 is 27.6 Å². The molecule has 0 saturated heterocycles. The summed E-state index contributed by atoms with van der Waals surface area (Å²) in [6, 6.07) is 13.4. The zero-order valence-electron chi connectivity index (χ0n) is 21.3. The summed E-state index contributed by atoms with van der Waals surface area (Å²) in [7, 11) is 3.10. The Labute approximate surface area is 213 Å². The van der Waals surface area contributed by atoms with E-state index < -0.39 is 0 Å². The second kappa shape index (κ2) is 9.45. The number of fused-ring (bicyclic) bond motifs is 3. The summed E-state index contributed by atoms with van der Waals surface area (Å²) in [5, 5.41) is 5.83. The van der Waals surface area contributed by atoms with E-state index in [1.165, 1.54) is 11.8 Å². The Hall–Kier alpha value is -4.60. The first kappa shape index (κ1) is 24.1. The van der Waals surface area contributed by atoms with Crippen LogP contribution in [0.2, 0.25) is 0 Å². The molecule has 2 N–H and O–H groups in total. The Morgan fingerprint density at radius 1 is 1.03 bits per heavy atom. The smallest absolute Gasteiger partial charge is 0.318 e. The second-order valence-electron chi connectivity index (χ2n) is 8.97. The Balaban J connectivity index is 1.79. The van der Waals surface area contributed by atoms with Gasteiger partial charge in [0.15, 0.2) is 5.82 Å². The summed E-state index contributed by atoms with van der Waals surface area (Å²) < 4.78 is 19.6. The molecule has 0 bridgehead atoms. The van der Waals surface area contributed by atoms with Crippen LogP contribution in [-0.4, -0.2) is 44.6 Å². The van der Waals surface area contributed by atoms with Crippen LogP contribution < -0.4 is 25.5 Å². The molecule has 10 heteroatoms. The number of aromatic nitrogens is 5. The number of methoxy groups -OCH3 is 2. The molecule has 3 aromatic heterocycles. The molecule has 0 aliphatic rings. The first-order valence-electron chi connectivity index (χ1n) is 11.8. The molecular weight excluding hydrogens is 472 g/mol. The minimum Gasteiger partial charge on any atom is -0.497 e. The average molecular weight is 501 g/mol. The molecule has 10 nitrogen and oxygen atoms in total. The Morgan fingerprint density at radius 3 is 2.43 bits per heavy atom. The van der Waals surface area contributed by atoms with Crippen LogP contribution >= 0.6 is 0 Å². The van der Waals surface area contributed by atoms with Crippen molar-refractivity contribution in [3.05, 3.63) is 70.1 Å². The molecule has 3 heterocycles. The lowest BCUT2D eigenvalue weighted by molar-refractivity contribution is 0.242. The van der Waals surface area contributed by atoms with Gasteiger partial charge in [-0.2, -0.15) is 14.8 Å². The molecule has 0 spiro atoms. The van der Waals surface area contributed by atoms with Gasteiger partial charge in [0.25, 0.3) is 5.56 Å². The molecule has 0 radical (unpaired) electrons. The van der Waals surface area contributed by atoms with E-state index in [1.54, 1.807) is 17.9 Å². The third-order valence-electron chi connectivity index (χ3n) is 6.07. The summed E-state index contributed by atoms with van der Waals surface area (Å²) >= 11 is 0. The van der Waals surface area contributed by atoms with Crippen LogP contribution in [0.25, 0.3) is 27.6 Å². The van der Waals surface area contributed by atoms with Crippen LogP contribution in [0.5, 0.6) is 17.5 Å². The number of benzene rings is 2. The number of ether oxygens (including phenoxy) is 3. The number of nitrogens with two attached hydrogens (primary N) is 1. The molecule has 0 aliphatic heterocycles. The van der Waals surface area contributed by atoms with Gasteiger partial charge in [-0.05, 0) is 50.6 Å². The van der Waals surface area contributed by atoms with Crippen LogP contribution in [0.4, 0.5) is 5.82 Å². The summed E-state index contributed by atoms with van der Waals surface area (Å²) in [5.41, 5.74) is 9.14. The van der Waals surface area contributed by atoms with Gasteiger partial charge in [-0.15, -0.1) is 0 Å². The van der Waals surface area contributed by atoms with E-state index in [9.17, 15) is 4.79 Å². The second-order valence-corrected chi connectivity index (χ2v) is 8.97. The highest BCUT2D eigenvalue weighted by Gasteiger charge is 2.22. The monoisotopic (exact) mass is 500 g/mol. The maximum absolute atomic E-state index is 14.0. The molecule has 190 valence electrons. The Morgan fingerprint density at radius 2 is 1.76 bits per heavy atom. The molecule has 37 heavy (non-hydrogen) atoms. The summed E-state index contributed by atoms with van der Waals surface area (Å²) in [4.78, 5) is 22.5. The fourth-order valence-electron chi connectivity index (χ4n) is 4.32. The molecule has 0 unspecified atom stereocenters. The summed E-state index contributed by atoms with van der Waals surface area (Å²) in [5.74, 6) is 2.03. The normalized spacial score (nSPS) is 11.4. The lowest BCUT2D eigenvalue weighted by atomic mass is 10.1. The van der Waals surface area contributed by atoms with E-state index in [0.717, 1.165) is 22.3 Å². The fraction of sp³-hybridized carbons (Fsp3) is 0.259. The van der Waals surface area contributed by atoms with Gasteiger partial charge in [-0.3, -0.25) is 4.79 Å². The van der Waals surface area contributed by atoms with E-state index in [-0.39, 0.29) is 23.5 Å². The summed E-state index contributed by atoms with van der Waals surface area (Å²) in [6.07, 6.45) is 1.61. The van der Waals surface area contributed by atoms with Crippen molar-refractivity contribution < 1.29 is 14.2 Å². The van der Waals surface area contributed by atoms with Crippen molar-refractivity contribution in [1.82, 2.24) is 24.3 Å². The Kier molecular flexibility index (Phi) is 6.16. The van der Waals surface area contributed by atoms with E-state index in [4.69, 9.17) is 25.0 Å². The van der Waals surface area contributed by atoms with Gasteiger partial charge in [-0.25, -0.2) is 4.98 Å². The predicted octanol–water partition coefficient (Wildman–Crippen LogP) is 3.87. The van der Waals surface area contributed by atoms with E-state index >= 15 is 0 Å². The molecule has 2 aromatic carbocycles. The van der Waals surface area contributed by atoms with Gasteiger partial charge in [0.2, 0.25) is 0 Å². The highest BCUT2D eigenvalue weighted by molar-refractivity contribution is 6.07. The standard InChI is InChI=1S/C27H28N6O4/c1-15(2)37-19-10-11-20-21(12-19)32(14-17-6-8-18(35-4)9-7-17)26(34)22-23(20)31-33(24(22)28)25-16(3)13-29-27(30-25)36-5/h6-13,15H,14,28H2,1-5H3. The molecule has 5 aromatic rings. The minimum absolute atomic E-state index is 0.0199. The average Bonchev–Trinajstić information content (AvgIpc) is 3.24. The lowest BCUT2D eigenvalue weighted by Gasteiger charge is -2.15. The SMILES string of the molecule is COc1ccc(Cn2c(=O)c3c(N)n(-c4nc(OC)ncc4C)nc3c3ccc(OC(C)C)cc32)cc1. The van der Waals surface area contributed by atoms with Crippen molar-refractivity contribution in [2.24, 2.45) is 0 Å². The van der Waals surface area contributed by atoms with Gasteiger partial charge in [0, 0.05) is 23.2 Å². The number of rotatable bonds is 7. The van der Waals surface area contributed by atoms with Crippen molar-refractivity contribution in [3.63, 3.8) is 0 Å². The molecule has 0 saturated carbocycles. The van der Waals surface area contributed by atoms with E-state index in [2.05, 4.69) is 9.97 Å². The van der Waals surface area contributed by atoms with Gasteiger partial charge >= 0.3 is 6.01 Å². The van der Waals surface area contributed by atoms with Crippen molar-refractivity contribution in [1.29, 1.82) is 0 Å². The number of hydrogen-bond donors (Lipinski definition) is 1. The van der Waals surface area contributed by atoms with Crippen molar-refractivity contribution in [2.75, 3.05) is 20.0 Å². The predicted molar refractivity (Wildman–Crippen MR) is 142 cm³/mol. The zero-order chi connectivity index (χ0) is 26.3.